The lowest BCUT2D eigenvalue weighted by molar-refractivity contribution is -0.134. The smallest absolute Gasteiger partial charge is 0.222 e. The Morgan fingerprint density at radius 1 is 0.806 bits per heavy atom. The molecule has 0 aromatic heterocycles. The number of ether oxygens (including phenoxy) is 3. The Balaban J connectivity index is 0.748. The quantitative estimate of drug-likeness (QED) is 0.0396. The van der Waals surface area contributed by atoms with E-state index in [1.54, 1.807) is 19.8 Å². The van der Waals surface area contributed by atoms with Crippen LogP contribution in [0.4, 0.5) is 0 Å². The van der Waals surface area contributed by atoms with Crippen molar-refractivity contribution in [3.05, 3.63) is 107 Å². The molecule has 8 nitrogen and oxygen atoms in total. The van der Waals surface area contributed by atoms with Gasteiger partial charge in [-0.05, 0) is 158 Å². The van der Waals surface area contributed by atoms with Crippen LogP contribution in [-0.2, 0) is 19.9 Å². The molecule has 394 valence electrons. The number of rotatable bonds is 24. The summed E-state index contributed by atoms with van der Waals surface area (Å²) in [6.07, 6.45) is 21.0. The molecule has 4 aliphatic carbocycles. The van der Waals surface area contributed by atoms with Gasteiger partial charge in [-0.15, -0.1) is 0 Å². The van der Waals surface area contributed by atoms with Crippen molar-refractivity contribution >= 4 is 33.4 Å². The van der Waals surface area contributed by atoms with E-state index in [0.717, 1.165) is 88.7 Å². The summed E-state index contributed by atoms with van der Waals surface area (Å²) in [4.78, 5) is 28.5. The van der Waals surface area contributed by atoms with Crippen molar-refractivity contribution in [3.8, 4) is 11.5 Å². The van der Waals surface area contributed by atoms with E-state index in [9.17, 15) is 14.7 Å². The molecular weight excluding hydrogens is 933 g/mol. The molecule has 10 atom stereocenters. The number of aliphatic hydroxyl groups excluding tert-OH is 1. The van der Waals surface area contributed by atoms with Crippen LogP contribution in [0.2, 0.25) is 0 Å². The molecule has 8 rings (SSSR count). The molecule has 0 radical (unpaired) electrons. The summed E-state index contributed by atoms with van der Waals surface area (Å²) in [7, 11) is 7.23. The van der Waals surface area contributed by atoms with E-state index >= 15 is 0 Å². The normalized spacial score (nSPS) is 28.4. The number of β-amino-alcohol motifs (C(OH)–C–C–N with tert-alkyl or cyclic N) is 1. The Morgan fingerprint density at radius 3 is 2.18 bits per heavy atom. The van der Waals surface area contributed by atoms with Crippen LogP contribution in [0.25, 0.3) is 0 Å². The van der Waals surface area contributed by atoms with Crippen molar-refractivity contribution in [2.45, 2.75) is 167 Å². The van der Waals surface area contributed by atoms with Crippen molar-refractivity contribution in [1.29, 1.82) is 0 Å². The standard InChI is InChI=1S/C62H88N2O6S2/c1-43(2)15-14-16-44(3)55-30-31-56-54-29-24-48-39-53(32-35-60(48,4)57(54)33-36-61(55,56)5)72-71-38-34-58(66)63-37-13-9-12-19-59(67)64-41-50(65)40-49(64)42-70-62(45-17-10-8-11-18-45,46-20-25-51(68-6)26-21-46)47-22-27-52(69-7)28-23-47/h8,10-11,17-18,20-28,43-44,49-50,53-57,65H,9,12-16,19,29-42H2,1-7H3,(H,63,66)/t44-,49+,50-,53+,54?,55-,56?,57?,60+,61-/m1/s1. The first-order valence-electron chi connectivity index (χ1n) is 28.0. The topological polar surface area (TPSA) is 97.3 Å². The number of fused-ring (bicyclic) bond motifs is 5. The fourth-order valence-corrected chi connectivity index (χ4v) is 17.3. The summed E-state index contributed by atoms with van der Waals surface area (Å²) in [5, 5.41) is 14.7. The minimum absolute atomic E-state index is 0.0287. The zero-order valence-corrected chi connectivity index (χ0v) is 46.5. The van der Waals surface area contributed by atoms with Gasteiger partial charge >= 0.3 is 0 Å². The van der Waals surface area contributed by atoms with Crippen LogP contribution >= 0.6 is 21.6 Å². The molecule has 1 aliphatic heterocycles. The Bertz CT molecular complexity index is 2190. The summed E-state index contributed by atoms with van der Waals surface area (Å²) in [6, 6.07) is 25.7. The number of aliphatic hydroxyl groups is 1. The number of benzene rings is 3. The number of allylic oxidation sites excluding steroid dienone is 2. The highest BCUT2D eigenvalue weighted by Gasteiger charge is 2.59. The van der Waals surface area contributed by atoms with Gasteiger partial charge in [0.1, 0.15) is 17.1 Å². The summed E-state index contributed by atoms with van der Waals surface area (Å²) < 4.78 is 18.2. The van der Waals surface area contributed by atoms with Crippen LogP contribution in [-0.4, -0.2) is 78.9 Å². The largest absolute Gasteiger partial charge is 0.497 e. The Hall–Kier alpha value is -3.44. The minimum Gasteiger partial charge on any atom is -0.497 e. The molecule has 0 spiro atoms. The van der Waals surface area contributed by atoms with E-state index in [0.29, 0.717) is 48.4 Å². The van der Waals surface area contributed by atoms with E-state index in [1.807, 2.05) is 93.2 Å². The molecule has 3 unspecified atom stereocenters. The number of hydrogen-bond acceptors (Lipinski definition) is 8. The predicted molar refractivity (Wildman–Crippen MR) is 297 cm³/mol. The van der Waals surface area contributed by atoms with Crippen LogP contribution in [0.3, 0.4) is 0 Å². The van der Waals surface area contributed by atoms with Gasteiger partial charge in [0.2, 0.25) is 11.8 Å². The van der Waals surface area contributed by atoms with Gasteiger partial charge in [-0.2, -0.15) is 0 Å². The van der Waals surface area contributed by atoms with Crippen LogP contribution < -0.4 is 14.8 Å². The van der Waals surface area contributed by atoms with Gasteiger partial charge in [0.15, 0.2) is 0 Å². The number of nitrogens with zero attached hydrogens (tertiary/aromatic N) is 1. The maximum Gasteiger partial charge on any atom is 0.222 e. The van der Waals surface area contributed by atoms with Gasteiger partial charge in [0, 0.05) is 36.9 Å². The first-order chi connectivity index (χ1) is 34.8. The zero-order valence-electron chi connectivity index (χ0n) is 44.9. The van der Waals surface area contributed by atoms with Crippen LogP contribution in [0, 0.1) is 46.3 Å². The highest BCUT2D eigenvalue weighted by atomic mass is 33.1. The molecule has 3 aromatic rings. The van der Waals surface area contributed by atoms with E-state index in [1.165, 1.54) is 70.6 Å². The molecule has 4 fully saturated rings. The second-order valence-corrected chi connectivity index (χ2v) is 26.2. The van der Waals surface area contributed by atoms with E-state index < -0.39 is 11.7 Å². The van der Waals surface area contributed by atoms with E-state index in [2.05, 4.69) is 58.1 Å². The molecule has 0 bridgehead atoms. The zero-order chi connectivity index (χ0) is 50.9. The number of likely N-dealkylation sites (tertiary alicyclic amines) is 1. The average molecular weight is 1020 g/mol. The van der Waals surface area contributed by atoms with Crippen molar-refractivity contribution in [1.82, 2.24) is 10.2 Å². The summed E-state index contributed by atoms with van der Waals surface area (Å²) in [5.41, 5.74) is 4.45. The molecule has 3 aromatic carbocycles. The lowest BCUT2D eigenvalue weighted by Gasteiger charge is -2.58. The van der Waals surface area contributed by atoms with Gasteiger partial charge in [-0.3, -0.25) is 9.59 Å². The number of unbranched alkanes of at least 4 members (excludes halogenated alkanes) is 2. The molecule has 3 saturated carbocycles. The number of carbonyl (C=O) groups is 2. The highest BCUT2D eigenvalue weighted by molar-refractivity contribution is 8.76. The van der Waals surface area contributed by atoms with E-state index in [-0.39, 0.29) is 24.5 Å². The van der Waals surface area contributed by atoms with Gasteiger partial charge in [-0.25, -0.2) is 0 Å². The molecular formula is C62H88N2O6S2. The van der Waals surface area contributed by atoms with Crippen LogP contribution in [0.1, 0.15) is 160 Å². The first kappa shape index (κ1) is 54.8. The number of carbonyl (C=O) groups excluding carboxylic acids is 2. The third-order valence-corrected chi connectivity index (χ3v) is 21.6. The monoisotopic (exact) mass is 1020 g/mol. The van der Waals surface area contributed by atoms with Crippen molar-refractivity contribution in [2.75, 3.05) is 39.7 Å². The number of methoxy groups -OCH3 is 2. The fraction of sp³-hybridized carbons (Fsp3) is 0.645. The van der Waals surface area contributed by atoms with Gasteiger partial charge in [0.25, 0.3) is 0 Å². The molecule has 72 heavy (non-hydrogen) atoms. The number of hydrogen-bond donors (Lipinski definition) is 2. The molecule has 2 amide bonds. The number of amides is 2. The maximum atomic E-state index is 13.8. The average Bonchev–Trinajstić information content (AvgIpc) is 3.95. The minimum atomic E-state index is -1.01. The third kappa shape index (κ3) is 12.3. The van der Waals surface area contributed by atoms with E-state index in [4.69, 9.17) is 14.2 Å². The lowest BCUT2D eigenvalue weighted by Crippen LogP contribution is -2.50. The molecule has 2 N–H and O–H groups in total. The molecule has 1 saturated heterocycles. The van der Waals surface area contributed by atoms with Crippen molar-refractivity contribution < 1.29 is 28.9 Å². The van der Waals surface area contributed by atoms with Crippen molar-refractivity contribution in [3.63, 3.8) is 0 Å². The third-order valence-electron chi connectivity index (χ3n) is 18.6. The highest BCUT2D eigenvalue weighted by Crippen LogP contribution is 2.68. The SMILES string of the molecule is COc1ccc(C(OC[C@@H]2C[C@@H](O)CN2C(=O)CCCCCNC(=O)CCSS[C@H]2CC[C@@]3(C)C(=CCC4C3CC[C@@]3(C)C4CC[C@@H]3[C@H](C)CCCC(C)C)C2)(c2ccccc2)c2ccc(OC)cc2)cc1. The first-order valence-corrected chi connectivity index (χ1v) is 30.4. The van der Waals surface area contributed by atoms with Crippen LogP contribution in [0.15, 0.2) is 90.5 Å². The second kappa shape index (κ2) is 24.9. The lowest BCUT2D eigenvalue weighted by atomic mass is 9.47. The fourth-order valence-electron chi connectivity index (χ4n) is 14.7. The molecule has 1 heterocycles. The van der Waals surface area contributed by atoms with Crippen LogP contribution in [0.5, 0.6) is 11.5 Å². The predicted octanol–water partition coefficient (Wildman–Crippen LogP) is 13.8. The second-order valence-electron chi connectivity index (χ2n) is 23.4. The summed E-state index contributed by atoms with van der Waals surface area (Å²) >= 11 is 0. The Morgan fingerprint density at radius 2 is 1.50 bits per heavy atom. The molecule has 10 heteroatoms. The Kier molecular flexibility index (Phi) is 19.0. The summed E-state index contributed by atoms with van der Waals surface area (Å²) in [5.74, 6) is 7.70. The maximum absolute atomic E-state index is 13.8. The number of nitrogens with one attached hydrogen (secondary N) is 1. The van der Waals surface area contributed by atoms with Gasteiger partial charge < -0.3 is 29.5 Å². The van der Waals surface area contributed by atoms with Crippen molar-refractivity contribution in [2.24, 2.45) is 46.3 Å². The van der Waals surface area contributed by atoms with Gasteiger partial charge in [0.05, 0.1) is 33.0 Å². The molecule has 5 aliphatic rings. The summed E-state index contributed by atoms with van der Waals surface area (Å²) in [6.45, 7) is 13.8. The van der Waals surface area contributed by atoms with Gasteiger partial charge in [-0.1, -0.05) is 148 Å². The Labute approximate surface area is 441 Å².